The number of hydrogen-bond donors (Lipinski definition) is 0. The van der Waals surface area contributed by atoms with Crippen molar-refractivity contribution >= 4 is 0 Å². The van der Waals surface area contributed by atoms with E-state index in [1.54, 1.807) is 0 Å². The Balaban J connectivity index is 2.70. The summed E-state index contributed by atoms with van der Waals surface area (Å²) in [7, 11) is 0. The molecule has 0 aromatic rings. The van der Waals surface area contributed by atoms with Crippen LogP contribution in [0.25, 0.3) is 0 Å². The minimum atomic E-state index is -2.70. The number of hydrogen-bond acceptors (Lipinski definition) is 4. The Bertz CT molecular complexity index is 233. The van der Waals surface area contributed by atoms with Gasteiger partial charge < -0.3 is 0 Å². The Morgan fingerprint density at radius 1 is 1.13 bits per heavy atom. The third kappa shape index (κ3) is 2.09. The number of nitro groups is 1. The van der Waals surface area contributed by atoms with Crippen LogP contribution in [0.15, 0.2) is 0 Å². The molecule has 88 valence electrons. The van der Waals surface area contributed by atoms with Gasteiger partial charge in [0.25, 0.3) is 0 Å². The van der Waals surface area contributed by atoms with Crippen molar-refractivity contribution < 1.29 is 23.0 Å². The molecule has 1 rings (SSSR count). The summed E-state index contributed by atoms with van der Waals surface area (Å²) in [5, 5.41) is 6.89. The Kier molecular flexibility index (Phi) is 3.29. The van der Waals surface area contributed by atoms with E-state index in [4.69, 9.17) is 0 Å². The van der Waals surface area contributed by atoms with Gasteiger partial charge in [-0.2, -0.15) is 0 Å². The van der Waals surface area contributed by atoms with Gasteiger partial charge in [-0.3, -0.25) is 0 Å². The van der Waals surface area contributed by atoms with Gasteiger partial charge in [-0.15, -0.1) is 5.01 Å². The van der Waals surface area contributed by atoms with Crippen LogP contribution in [0.4, 0.5) is 17.9 Å². The van der Waals surface area contributed by atoms with Crippen LogP contribution < -0.4 is 0 Å². The van der Waals surface area contributed by atoms with Crippen LogP contribution in [0.2, 0.25) is 0 Å². The van der Waals surface area contributed by atoms with Crippen LogP contribution >= 0.6 is 0 Å². The maximum absolute atomic E-state index is 12.3. The first kappa shape index (κ1) is 11.9. The highest BCUT2D eigenvalue weighted by Gasteiger charge is 2.51. The molecule has 0 aromatic heterocycles. The average molecular weight is 232 g/mol. The summed E-state index contributed by atoms with van der Waals surface area (Å²) in [6.07, 6.45) is -1.40. The van der Waals surface area contributed by atoms with Crippen molar-refractivity contribution in [2.45, 2.75) is 18.5 Å². The zero-order valence-corrected chi connectivity index (χ0v) is 7.45. The maximum Gasteiger partial charge on any atom is 0.199 e. The van der Waals surface area contributed by atoms with Crippen LogP contribution in [-0.2, 0) is 0 Å². The van der Waals surface area contributed by atoms with E-state index in [2.05, 4.69) is 0 Å². The summed E-state index contributed by atoms with van der Waals surface area (Å²) < 4.78 is 49.1. The highest BCUT2D eigenvalue weighted by Crippen LogP contribution is 2.34. The second-order valence-corrected chi connectivity index (χ2v) is 3.14. The Morgan fingerprint density at radius 3 is 1.80 bits per heavy atom. The van der Waals surface area contributed by atoms with Crippen LogP contribution in [0, 0.1) is 10.1 Å². The molecule has 0 spiro atoms. The fourth-order valence-electron chi connectivity index (χ4n) is 1.41. The molecular formula is C5H8F4N4O2. The van der Waals surface area contributed by atoms with Gasteiger partial charge in [0.1, 0.15) is 0 Å². The highest BCUT2D eigenvalue weighted by molar-refractivity contribution is 4.83. The SMILES string of the molecule is O=[N+]([O-])N1CCC(N(F)F)(N(F)F)CC1. The number of piperidine rings is 1. The topological polar surface area (TPSA) is 52.9 Å². The van der Waals surface area contributed by atoms with Gasteiger partial charge >= 0.3 is 0 Å². The molecule has 1 fully saturated rings. The van der Waals surface area contributed by atoms with Crippen LogP contribution in [0.5, 0.6) is 0 Å². The van der Waals surface area contributed by atoms with E-state index in [9.17, 15) is 28.0 Å². The van der Waals surface area contributed by atoms with Crippen molar-refractivity contribution in [3.63, 3.8) is 0 Å². The normalized spacial score (nSPS) is 21.1. The summed E-state index contributed by atoms with van der Waals surface area (Å²) in [5.41, 5.74) is -2.70. The molecule has 0 aromatic carbocycles. The van der Waals surface area contributed by atoms with Gasteiger partial charge in [-0.1, -0.05) is 17.9 Å². The first-order chi connectivity index (χ1) is 6.90. The number of hydrazine groups is 1. The van der Waals surface area contributed by atoms with E-state index < -0.39 is 47.3 Å². The van der Waals surface area contributed by atoms with Crippen molar-refractivity contribution in [2.75, 3.05) is 13.1 Å². The molecular weight excluding hydrogens is 224 g/mol. The molecule has 1 aliphatic rings. The third-order valence-electron chi connectivity index (χ3n) is 2.40. The van der Waals surface area contributed by atoms with Crippen molar-refractivity contribution in [1.82, 2.24) is 15.7 Å². The van der Waals surface area contributed by atoms with Gasteiger partial charge in [0.2, 0.25) is 0 Å². The summed E-state index contributed by atoms with van der Waals surface area (Å²) >= 11 is 0. The second kappa shape index (κ2) is 4.14. The molecule has 1 saturated heterocycles. The Morgan fingerprint density at radius 2 is 1.53 bits per heavy atom. The molecule has 15 heavy (non-hydrogen) atoms. The quantitative estimate of drug-likeness (QED) is 0.240. The Labute approximate surface area is 81.5 Å². The fourth-order valence-corrected chi connectivity index (χ4v) is 1.41. The van der Waals surface area contributed by atoms with Crippen molar-refractivity contribution in [2.24, 2.45) is 0 Å². The predicted molar refractivity (Wildman–Crippen MR) is 38.6 cm³/mol. The molecule has 0 aliphatic carbocycles. The molecule has 0 N–H and O–H groups in total. The van der Waals surface area contributed by atoms with Crippen LogP contribution in [0.1, 0.15) is 12.8 Å². The van der Waals surface area contributed by atoms with E-state index >= 15 is 0 Å². The van der Waals surface area contributed by atoms with Gasteiger partial charge in [0.15, 0.2) is 10.7 Å². The molecule has 0 atom stereocenters. The third-order valence-corrected chi connectivity index (χ3v) is 2.40. The zero-order chi connectivity index (χ0) is 11.6. The molecule has 0 saturated carbocycles. The number of nitrogens with zero attached hydrogens (tertiary/aromatic N) is 4. The molecule has 0 radical (unpaired) electrons. The molecule has 0 unspecified atom stereocenters. The monoisotopic (exact) mass is 232 g/mol. The molecule has 10 heteroatoms. The van der Waals surface area contributed by atoms with Gasteiger partial charge in [-0.05, 0) is 0 Å². The minimum Gasteiger partial charge on any atom is -0.235 e. The first-order valence-corrected chi connectivity index (χ1v) is 4.03. The van der Waals surface area contributed by atoms with Crippen molar-refractivity contribution in [3.05, 3.63) is 10.1 Å². The molecule has 0 amide bonds. The lowest BCUT2D eigenvalue weighted by atomic mass is 10.00. The van der Waals surface area contributed by atoms with Gasteiger partial charge in [-0.25, -0.2) is 10.1 Å². The van der Waals surface area contributed by atoms with Crippen molar-refractivity contribution in [3.8, 4) is 0 Å². The fraction of sp³-hybridized carbons (Fsp3) is 1.00. The second-order valence-electron chi connectivity index (χ2n) is 3.14. The summed E-state index contributed by atoms with van der Waals surface area (Å²) in [4.78, 5) is 10.2. The maximum atomic E-state index is 12.3. The summed E-state index contributed by atoms with van der Waals surface area (Å²) in [6, 6.07) is 0. The molecule has 1 heterocycles. The van der Waals surface area contributed by atoms with E-state index in [0.29, 0.717) is 5.01 Å². The largest absolute Gasteiger partial charge is 0.235 e. The Hall–Kier alpha value is -1.16. The lowest BCUT2D eigenvalue weighted by molar-refractivity contribution is -0.660. The molecule has 6 nitrogen and oxygen atoms in total. The molecule has 1 aliphatic heterocycles. The van der Waals surface area contributed by atoms with E-state index in [1.807, 2.05) is 0 Å². The lowest BCUT2D eigenvalue weighted by Gasteiger charge is -2.36. The minimum absolute atomic E-state index is 0.443. The van der Waals surface area contributed by atoms with Crippen LogP contribution in [-0.4, -0.2) is 39.5 Å². The number of rotatable bonds is 3. The van der Waals surface area contributed by atoms with Crippen LogP contribution in [0.3, 0.4) is 0 Å². The lowest BCUT2D eigenvalue weighted by Crippen LogP contribution is -2.56. The highest BCUT2D eigenvalue weighted by atomic mass is 19.4. The summed E-state index contributed by atoms with van der Waals surface area (Å²) in [6.45, 7) is -0.886. The smallest absolute Gasteiger partial charge is 0.199 e. The van der Waals surface area contributed by atoms with E-state index in [-0.39, 0.29) is 0 Å². The standard InChI is InChI=1S/C5H8F4N4O2/c6-11(7)5(12(8)9)1-3-10(4-2-5)13(14)15/h1-4H2. The van der Waals surface area contributed by atoms with Crippen molar-refractivity contribution in [1.29, 1.82) is 0 Å². The summed E-state index contributed by atoms with van der Waals surface area (Å²) in [5.74, 6) is 0. The number of halogens is 4. The van der Waals surface area contributed by atoms with E-state index in [1.165, 1.54) is 0 Å². The zero-order valence-electron chi connectivity index (χ0n) is 7.45. The molecule has 0 bridgehead atoms. The van der Waals surface area contributed by atoms with Gasteiger partial charge in [0.05, 0.1) is 13.1 Å². The first-order valence-electron chi connectivity index (χ1n) is 4.03. The average Bonchev–Trinajstić information content (AvgIpc) is 2.17. The predicted octanol–water partition coefficient (Wildman–Crippen LogP) is 1.11. The van der Waals surface area contributed by atoms with Gasteiger partial charge in [0, 0.05) is 23.5 Å². The van der Waals surface area contributed by atoms with E-state index in [0.717, 1.165) is 0 Å².